The zero-order valence-corrected chi connectivity index (χ0v) is 32.4. The van der Waals surface area contributed by atoms with Crippen molar-refractivity contribution in [3.63, 3.8) is 0 Å². The van der Waals surface area contributed by atoms with Gasteiger partial charge in [0.1, 0.15) is 36.3 Å². The molecule has 0 fully saturated rings. The number of nitrogens with one attached hydrogen (secondary N) is 6. The molecule has 7 atom stereocenters. The van der Waals surface area contributed by atoms with Gasteiger partial charge < -0.3 is 81.6 Å². The number of hydrogen-bond acceptors (Lipinski definition) is 13. The molecule has 0 radical (unpaired) electrons. The van der Waals surface area contributed by atoms with Crippen molar-refractivity contribution in [1.29, 1.82) is 0 Å². The number of carboxylic acids is 1. The number of carboxylic acid groups (broad SMARTS) is 1. The average Bonchev–Trinajstić information content (AvgIpc) is 3.12. The zero-order chi connectivity index (χ0) is 43.8. The highest BCUT2D eigenvalue weighted by Gasteiger charge is 2.33. The molecule has 0 aromatic carbocycles. The Bertz CT molecular complexity index is 1440. The molecule has 0 bridgehead atoms. The van der Waals surface area contributed by atoms with E-state index in [0.29, 0.717) is 6.42 Å². The number of aliphatic hydroxyl groups is 2. The Hall–Kier alpha value is -5.82. The van der Waals surface area contributed by atoms with Crippen molar-refractivity contribution in [1.82, 2.24) is 31.9 Å². The lowest BCUT2D eigenvalue weighted by atomic mass is 10.0. The fourth-order valence-electron chi connectivity index (χ4n) is 4.83. The average molecular weight is 817 g/mol. The van der Waals surface area contributed by atoms with Gasteiger partial charge in [0.2, 0.25) is 41.4 Å². The monoisotopic (exact) mass is 816 g/mol. The molecule has 0 aliphatic rings. The Kier molecular flexibility index (Phi) is 24.1. The summed E-state index contributed by atoms with van der Waals surface area (Å²) in [5, 5.41) is 42.6. The minimum atomic E-state index is -1.73. The van der Waals surface area contributed by atoms with Gasteiger partial charge in [-0.2, -0.15) is 0 Å². The number of aliphatic carboxylic acids is 1. The second-order valence-corrected chi connectivity index (χ2v) is 13.4. The summed E-state index contributed by atoms with van der Waals surface area (Å²) in [7, 11) is 0. The molecule has 21 N–H and O–H groups in total. The number of carbonyl (C=O) groups is 8. The Morgan fingerprint density at radius 3 is 1.42 bits per heavy atom. The highest BCUT2D eigenvalue weighted by atomic mass is 16.4. The van der Waals surface area contributed by atoms with Gasteiger partial charge in [-0.15, -0.1) is 0 Å². The summed E-state index contributed by atoms with van der Waals surface area (Å²) < 4.78 is 0. The fourth-order valence-corrected chi connectivity index (χ4v) is 4.83. The molecule has 0 aromatic heterocycles. The normalized spacial score (nSPS) is 14.5. The van der Waals surface area contributed by atoms with Gasteiger partial charge in [-0.3, -0.25) is 43.5 Å². The molecule has 25 heteroatoms. The molecule has 0 saturated carbocycles. The highest BCUT2D eigenvalue weighted by Crippen LogP contribution is 2.09. The SMILES string of the molecule is CC(C)C[C@H](NC(=O)[C@H](CCCN=C(N)N)NC(=O)[C@H](CO)NC(=O)[C@H](C)NC(=O)[C@@H](N)CCCN=C(N)N)C(=O)N[C@@H](CCC(N)=O)C(=O)N[C@@H](CO)C(=O)O. The van der Waals surface area contributed by atoms with Crippen LogP contribution in [0, 0.1) is 5.92 Å². The molecule has 57 heavy (non-hydrogen) atoms. The van der Waals surface area contributed by atoms with E-state index >= 15 is 0 Å². The van der Waals surface area contributed by atoms with Crippen molar-refractivity contribution in [3.05, 3.63) is 0 Å². The van der Waals surface area contributed by atoms with Crippen LogP contribution in [-0.4, -0.2) is 143 Å². The number of hydrogen-bond donors (Lipinski definition) is 15. The van der Waals surface area contributed by atoms with Crippen LogP contribution in [0.5, 0.6) is 0 Å². The predicted octanol–water partition coefficient (Wildman–Crippen LogP) is -7.27. The minimum absolute atomic E-state index is 0.0103. The van der Waals surface area contributed by atoms with Gasteiger partial charge in [0, 0.05) is 19.5 Å². The number of nitrogens with two attached hydrogens (primary N) is 6. The van der Waals surface area contributed by atoms with Crippen LogP contribution < -0.4 is 66.3 Å². The summed E-state index contributed by atoms with van der Waals surface area (Å²) in [6, 6.07) is -9.87. The molecule has 7 amide bonds. The molecule has 25 nitrogen and oxygen atoms in total. The van der Waals surface area contributed by atoms with Crippen LogP contribution in [0.4, 0.5) is 0 Å². The molecule has 0 rings (SSSR count). The quantitative estimate of drug-likeness (QED) is 0.0198. The lowest BCUT2D eigenvalue weighted by molar-refractivity contribution is -0.143. The van der Waals surface area contributed by atoms with Gasteiger partial charge in [0.15, 0.2) is 11.9 Å². The van der Waals surface area contributed by atoms with E-state index in [-0.39, 0.29) is 63.0 Å². The third kappa shape index (κ3) is 21.8. The molecule has 0 aliphatic heterocycles. The van der Waals surface area contributed by atoms with Crippen molar-refractivity contribution in [3.8, 4) is 0 Å². The van der Waals surface area contributed by atoms with Crippen LogP contribution in [-0.2, 0) is 38.4 Å². The summed E-state index contributed by atoms with van der Waals surface area (Å²) in [5.41, 5.74) is 32.4. The molecule has 0 aromatic rings. The van der Waals surface area contributed by atoms with Gasteiger partial charge in [-0.05, 0) is 51.4 Å². The standard InChI is InChI=1S/C32H60N14O11/c1-15(2)12-20(28(54)43-19(8-9-23(34)49)27(53)46-22(14-48)30(56)57)44-26(52)18(7-5-11-40-32(37)38)42-29(55)21(13-47)45-24(50)16(3)41-25(51)17(33)6-4-10-39-31(35)36/h15-22,47-48H,4-14,33H2,1-3H3,(H2,34,49)(H,41,51)(H,42,55)(H,43,54)(H,44,52)(H,45,50)(H,46,53)(H,56,57)(H4,35,36,39)(H4,37,38,40)/t16-,17-,18-,19-,20-,21-,22-/m0/s1. The van der Waals surface area contributed by atoms with Gasteiger partial charge in [0.05, 0.1) is 19.3 Å². The van der Waals surface area contributed by atoms with Crippen LogP contribution in [0.2, 0.25) is 0 Å². The lowest BCUT2D eigenvalue weighted by Gasteiger charge is -2.27. The second-order valence-electron chi connectivity index (χ2n) is 13.4. The number of primary amides is 1. The number of carbonyl (C=O) groups excluding carboxylic acids is 7. The number of aliphatic imine (C=N–C) groups is 2. The Morgan fingerprint density at radius 2 is 0.965 bits per heavy atom. The summed E-state index contributed by atoms with van der Waals surface area (Å²) in [6.45, 7) is 3.09. The number of nitrogens with zero attached hydrogens (tertiary/aromatic N) is 2. The molecule has 0 saturated heterocycles. The second kappa shape index (κ2) is 26.9. The third-order valence-electron chi connectivity index (χ3n) is 7.90. The fraction of sp³-hybridized carbons (Fsp3) is 0.688. The number of aliphatic hydroxyl groups excluding tert-OH is 2. The first-order valence-electron chi connectivity index (χ1n) is 18.0. The van der Waals surface area contributed by atoms with Gasteiger partial charge in [-0.25, -0.2) is 4.79 Å². The van der Waals surface area contributed by atoms with E-state index in [1.807, 2.05) is 5.32 Å². The van der Waals surface area contributed by atoms with E-state index in [1.54, 1.807) is 13.8 Å². The maximum atomic E-state index is 13.7. The van der Waals surface area contributed by atoms with Crippen LogP contribution in [0.15, 0.2) is 9.98 Å². The smallest absolute Gasteiger partial charge is 0.328 e. The van der Waals surface area contributed by atoms with Crippen molar-refractivity contribution in [2.75, 3.05) is 26.3 Å². The number of rotatable bonds is 28. The largest absolute Gasteiger partial charge is 0.480 e. The van der Waals surface area contributed by atoms with Crippen molar-refractivity contribution in [2.45, 2.75) is 108 Å². The minimum Gasteiger partial charge on any atom is -0.480 e. The van der Waals surface area contributed by atoms with E-state index in [0.717, 1.165) is 0 Å². The molecule has 0 heterocycles. The van der Waals surface area contributed by atoms with Crippen LogP contribution in [0.25, 0.3) is 0 Å². The molecule has 0 unspecified atom stereocenters. The van der Waals surface area contributed by atoms with E-state index < -0.39 is 109 Å². The molecular formula is C32H60N14O11. The first-order chi connectivity index (χ1) is 26.6. The van der Waals surface area contributed by atoms with Gasteiger partial charge in [0.25, 0.3) is 0 Å². The number of guanidine groups is 2. The highest BCUT2D eigenvalue weighted by molar-refractivity contribution is 5.97. The topological polar surface area (TPSA) is 450 Å². The molecule has 0 spiro atoms. The van der Waals surface area contributed by atoms with Gasteiger partial charge in [-0.1, -0.05) is 13.8 Å². The summed E-state index contributed by atoms with van der Waals surface area (Å²) in [4.78, 5) is 109. The van der Waals surface area contributed by atoms with Crippen molar-refractivity contribution < 1.29 is 53.7 Å². The summed E-state index contributed by atoms with van der Waals surface area (Å²) >= 11 is 0. The Morgan fingerprint density at radius 1 is 0.544 bits per heavy atom. The predicted molar refractivity (Wildman–Crippen MR) is 205 cm³/mol. The molecular weight excluding hydrogens is 756 g/mol. The van der Waals surface area contributed by atoms with Crippen molar-refractivity contribution >= 4 is 59.2 Å². The zero-order valence-electron chi connectivity index (χ0n) is 32.4. The van der Waals surface area contributed by atoms with E-state index in [1.165, 1.54) is 6.92 Å². The van der Waals surface area contributed by atoms with Gasteiger partial charge >= 0.3 is 5.97 Å². The van der Waals surface area contributed by atoms with Crippen LogP contribution in [0.1, 0.15) is 65.7 Å². The summed E-state index contributed by atoms with van der Waals surface area (Å²) in [6.07, 6.45) is -0.209. The summed E-state index contributed by atoms with van der Waals surface area (Å²) in [5.74, 6) is -8.47. The first-order valence-corrected chi connectivity index (χ1v) is 18.0. The molecule has 0 aliphatic carbocycles. The Balaban J connectivity index is 6.07. The first kappa shape index (κ1) is 51.2. The van der Waals surface area contributed by atoms with Crippen LogP contribution in [0.3, 0.4) is 0 Å². The van der Waals surface area contributed by atoms with E-state index in [9.17, 15) is 53.7 Å². The lowest BCUT2D eigenvalue weighted by Crippen LogP contribution is -2.60. The Labute approximate surface area is 329 Å². The van der Waals surface area contributed by atoms with Crippen LogP contribution >= 0.6 is 0 Å². The van der Waals surface area contributed by atoms with Crippen molar-refractivity contribution in [2.24, 2.45) is 50.3 Å². The third-order valence-corrected chi connectivity index (χ3v) is 7.90. The maximum Gasteiger partial charge on any atom is 0.328 e. The van der Waals surface area contributed by atoms with E-state index in [4.69, 9.17) is 34.4 Å². The molecule has 324 valence electrons. The maximum absolute atomic E-state index is 13.7. The van der Waals surface area contributed by atoms with E-state index in [2.05, 4.69) is 36.6 Å². The number of amides is 7.